The summed E-state index contributed by atoms with van der Waals surface area (Å²) >= 11 is 0. The van der Waals surface area contributed by atoms with Crippen molar-refractivity contribution in [3.63, 3.8) is 0 Å². The molecule has 2 N–H and O–H groups in total. The molecule has 2 aromatic rings. The van der Waals surface area contributed by atoms with Gasteiger partial charge in [-0.15, -0.1) is 0 Å². The third-order valence-corrected chi connectivity index (χ3v) is 4.38. The van der Waals surface area contributed by atoms with Crippen molar-refractivity contribution in [2.75, 3.05) is 0 Å². The van der Waals surface area contributed by atoms with Gasteiger partial charge in [0.05, 0.1) is 12.7 Å². The van der Waals surface area contributed by atoms with Crippen LogP contribution in [0.1, 0.15) is 41.8 Å². The molecule has 0 atom stereocenters. The summed E-state index contributed by atoms with van der Waals surface area (Å²) in [6, 6.07) is 13.4. The standard InChI is InChI=1S/C19H22N2O3/c22-18(13-14-5-2-1-3-6-14)20-15-8-10-16(11-9-15)21-19(23)17-7-4-12-24-17/h1-7,12,15-16H,8-11,13H2,(H,20,22)(H,21,23). The maximum Gasteiger partial charge on any atom is 0.287 e. The number of carbonyl (C=O) groups is 2. The van der Waals surface area contributed by atoms with Crippen molar-refractivity contribution in [3.8, 4) is 0 Å². The molecule has 0 spiro atoms. The summed E-state index contributed by atoms with van der Waals surface area (Å²) in [5, 5.41) is 6.09. The molecule has 0 radical (unpaired) electrons. The van der Waals surface area contributed by atoms with Crippen LogP contribution in [0.3, 0.4) is 0 Å². The van der Waals surface area contributed by atoms with Crippen LogP contribution >= 0.6 is 0 Å². The maximum atomic E-state index is 12.1. The Hall–Kier alpha value is -2.56. The Balaban J connectivity index is 1.40. The highest BCUT2D eigenvalue weighted by Gasteiger charge is 2.24. The predicted molar refractivity (Wildman–Crippen MR) is 90.5 cm³/mol. The van der Waals surface area contributed by atoms with Crippen LogP contribution in [0.25, 0.3) is 0 Å². The van der Waals surface area contributed by atoms with Gasteiger partial charge >= 0.3 is 0 Å². The molecule has 0 aliphatic heterocycles. The molecule has 1 aliphatic rings. The highest BCUT2D eigenvalue weighted by atomic mass is 16.3. The summed E-state index contributed by atoms with van der Waals surface area (Å²) in [7, 11) is 0. The molecule has 0 bridgehead atoms. The Labute approximate surface area is 141 Å². The van der Waals surface area contributed by atoms with Crippen LogP contribution in [0.4, 0.5) is 0 Å². The summed E-state index contributed by atoms with van der Waals surface area (Å²) in [6.07, 6.45) is 5.39. The van der Waals surface area contributed by atoms with Gasteiger partial charge < -0.3 is 15.1 Å². The first-order valence-electron chi connectivity index (χ1n) is 8.38. The summed E-state index contributed by atoms with van der Waals surface area (Å²) in [5.74, 6) is 0.231. The minimum absolute atomic E-state index is 0.0595. The van der Waals surface area contributed by atoms with Crippen LogP contribution in [0.5, 0.6) is 0 Å². The van der Waals surface area contributed by atoms with Crippen molar-refractivity contribution >= 4 is 11.8 Å². The summed E-state index contributed by atoms with van der Waals surface area (Å²) in [4.78, 5) is 24.1. The molecule has 0 unspecified atom stereocenters. The average molecular weight is 326 g/mol. The van der Waals surface area contributed by atoms with E-state index in [2.05, 4.69) is 10.6 Å². The van der Waals surface area contributed by atoms with Gasteiger partial charge in [0.25, 0.3) is 5.91 Å². The molecule has 1 aliphatic carbocycles. The molecule has 1 fully saturated rings. The second kappa shape index (κ2) is 7.81. The van der Waals surface area contributed by atoms with E-state index in [1.54, 1.807) is 12.1 Å². The van der Waals surface area contributed by atoms with E-state index in [-0.39, 0.29) is 23.9 Å². The second-order valence-electron chi connectivity index (χ2n) is 6.23. The number of benzene rings is 1. The van der Waals surface area contributed by atoms with Gasteiger partial charge in [-0.1, -0.05) is 30.3 Å². The van der Waals surface area contributed by atoms with E-state index in [1.165, 1.54) is 6.26 Å². The van der Waals surface area contributed by atoms with Crippen molar-refractivity contribution in [2.24, 2.45) is 0 Å². The fourth-order valence-corrected chi connectivity index (χ4v) is 3.11. The largest absolute Gasteiger partial charge is 0.459 e. The second-order valence-corrected chi connectivity index (χ2v) is 6.23. The van der Waals surface area contributed by atoms with Crippen LogP contribution in [0, 0.1) is 0 Å². The average Bonchev–Trinajstić information content (AvgIpc) is 3.12. The molecule has 24 heavy (non-hydrogen) atoms. The van der Waals surface area contributed by atoms with Crippen molar-refractivity contribution in [1.29, 1.82) is 0 Å². The van der Waals surface area contributed by atoms with E-state index in [9.17, 15) is 9.59 Å². The van der Waals surface area contributed by atoms with Gasteiger partial charge in [-0.2, -0.15) is 0 Å². The zero-order valence-corrected chi connectivity index (χ0v) is 13.5. The van der Waals surface area contributed by atoms with E-state index < -0.39 is 0 Å². The molecule has 1 aromatic carbocycles. The molecular formula is C19H22N2O3. The number of nitrogens with one attached hydrogen (secondary N) is 2. The van der Waals surface area contributed by atoms with E-state index in [0.717, 1.165) is 31.2 Å². The van der Waals surface area contributed by atoms with Crippen LogP contribution in [0.15, 0.2) is 53.1 Å². The predicted octanol–water partition coefficient (Wildman–Crippen LogP) is 2.68. The molecule has 3 rings (SSSR count). The van der Waals surface area contributed by atoms with E-state index >= 15 is 0 Å². The lowest BCUT2D eigenvalue weighted by molar-refractivity contribution is -0.121. The monoisotopic (exact) mass is 326 g/mol. The highest BCUT2D eigenvalue weighted by molar-refractivity contribution is 5.91. The van der Waals surface area contributed by atoms with E-state index in [4.69, 9.17) is 4.42 Å². The van der Waals surface area contributed by atoms with Gasteiger partial charge in [0.1, 0.15) is 0 Å². The minimum atomic E-state index is -0.170. The third kappa shape index (κ3) is 4.47. The number of hydrogen-bond donors (Lipinski definition) is 2. The highest BCUT2D eigenvalue weighted by Crippen LogP contribution is 2.19. The van der Waals surface area contributed by atoms with E-state index in [1.807, 2.05) is 30.3 Å². The van der Waals surface area contributed by atoms with Gasteiger partial charge in [0.2, 0.25) is 5.91 Å². The zero-order chi connectivity index (χ0) is 16.8. The Morgan fingerprint density at radius 3 is 2.21 bits per heavy atom. The Morgan fingerprint density at radius 2 is 1.58 bits per heavy atom. The molecule has 1 saturated carbocycles. The van der Waals surface area contributed by atoms with Gasteiger partial charge in [-0.3, -0.25) is 9.59 Å². The summed E-state index contributed by atoms with van der Waals surface area (Å²) < 4.78 is 5.10. The van der Waals surface area contributed by atoms with Crippen LogP contribution in [-0.2, 0) is 11.2 Å². The van der Waals surface area contributed by atoms with Crippen molar-refractivity contribution in [3.05, 3.63) is 60.1 Å². The minimum Gasteiger partial charge on any atom is -0.459 e. The van der Waals surface area contributed by atoms with Crippen molar-refractivity contribution < 1.29 is 14.0 Å². The van der Waals surface area contributed by atoms with Crippen LogP contribution < -0.4 is 10.6 Å². The third-order valence-electron chi connectivity index (χ3n) is 4.38. The number of hydrogen-bond acceptors (Lipinski definition) is 3. The van der Waals surface area contributed by atoms with Crippen LogP contribution in [-0.4, -0.2) is 23.9 Å². The lowest BCUT2D eigenvalue weighted by Crippen LogP contribution is -2.44. The van der Waals surface area contributed by atoms with Gasteiger partial charge in [0.15, 0.2) is 5.76 Å². The first-order chi connectivity index (χ1) is 11.7. The normalized spacial score (nSPS) is 20.3. The first kappa shape index (κ1) is 16.3. The van der Waals surface area contributed by atoms with Gasteiger partial charge in [0, 0.05) is 12.1 Å². The van der Waals surface area contributed by atoms with E-state index in [0.29, 0.717) is 12.2 Å². The lowest BCUT2D eigenvalue weighted by atomic mass is 9.91. The van der Waals surface area contributed by atoms with Gasteiger partial charge in [-0.25, -0.2) is 0 Å². The molecule has 1 heterocycles. The number of carbonyl (C=O) groups excluding carboxylic acids is 2. The Morgan fingerprint density at radius 1 is 0.917 bits per heavy atom. The van der Waals surface area contributed by atoms with Crippen molar-refractivity contribution in [1.82, 2.24) is 10.6 Å². The van der Waals surface area contributed by atoms with Crippen molar-refractivity contribution in [2.45, 2.75) is 44.2 Å². The quantitative estimate of drug-likeness (QED) is 0.887. The topological polar surface area (TPSA) is 71.3 Å². The molecule has 1 aromatic heterocycles. The Bertz CT molecular complexity index is 659. The Kier molecular flexibility index (Phi) is 5.31. The molecule has 5 heteroatoms. The smallest absolute Gasteiger partial charge is 0.287 e. The fourth-order valence-electron chi connectivity index (χ4n) is 3.11. The maximum absolute atomic E-state index is 12.1. The number of amides is 2. The first-order valence-corrected chi connectivity index (χ1v) is 8.38. The van der Waals surface area contributed by atoms with Gasteiger partial charge in [-0.05, 0) is 43.4 Å². The summed E-state index contributed by atoms with van der Waals surface area (Å²) in [6.45, 7) is 0. The molecule has 5 nitrogen and oxygen atoms in total. The lowest BCUT2D eigenvalue weighted by Gasteiger charge is -2.29. The fraction of sp³-hybridized carbons (Fsp3) is 0.368. The van der Waals surface area contributed by atoms with Crippen LogP contribution in [0.2, 0.25) is 0 Å². The molecule has 0 saturated heterocycles. The molecule has 126 valence electrons. The number of rotatable bonds is 5. The number of furan rings is 1. The SMILES string of the molecule is O=C(Cc1ccccc1)NC1CCC(NC(=O)c2ccco2)CC1. The zero-order valence-electron chi connectivity index (χ0n) is 13.5. The summed E-state index contributed by atoms with van der Waals surface area (Å²) in [5.41, 5.74) is 1.02. The molecular weight excluding hydrogens is 304 g/mol. The molecule has 2 amide bonds.